The Kier molecular flexibility index (Phi) is 4.09. The van der Waals surface area contributed by atoms with E-state index >= 15 is 0 Å². The average molecular weight is 365 g/mol. The summed E-state index contributed by atoms with van der Waals surface area (Å²) in [5.41, 5.74) is 0.359. The van der Waals surface area contributed by atoms with Crippen LogP contribution in [-0.2, 0) is 9.53 Å². The molecule has 4 heteroatoms. The van der Waals surface area contributed by atoms with Gasteiger partial charge in [0.25, 0.3) is 0 Å². The molecule has 0 aromatic heterocycles. The molecule has 148 valence electrons. The first-order valence-corrected chi connectivity index (χ1v) is 10.3. The van der Waals surface area contributed by atoms with Gasteiger partial charge in [-0.05, 0) is 75.7 Å². The van der Waals surface area contributed by atoms with Crippen LogP contribution in [0.4, 0.5) is 0 Å². The van der Waals surface area contributed by atoms with E-state index in [4.69, 9.17) is 4.74 Å². The van der Waals surface area contributed by atoms with Crippen LogP contribution in [0.15, 0.2) is 11.3 Å². The van der Waals surface area contributed by atoms with Crippen molar-refractivity contribution in [3.8, 4) is 0 Å². The Morgan fingerprint density at radius 1 is 0.885 bits per heavy atom. The molecule has 1 spiro atoms. The molecule has 26 heavy (non-hydrogen) atoms. The minimum Gasteiger partial charge on any atom is -0.476 e. The van der Waals surface area contributed by atoms with Crippen molar-refractivity contribution in [2.75, 3.05) is 0 Å². The van der Waals surface area contributed by atoms with Gasteiger partial charge in [-0.1, -0.05) is 0 Å². The summed E-state index contributed by atoms with van der Waals surface area (Å²) in [6.45, 7) is 22.3. The molecule has 0 aromatic carbocycles. The third kappa shape index (κ3) is 2.51. The van der Waals surface area contributed by atoms with Gasteiger partial charge in [0.1, 0.15) is 27.9 Å². The number of ketones is 1. The fourth-order valence-electron chi connectivity index (χ4n) is 6.00. The Labute approximate surface area is 159 Å². The van der Waals surface area contributed by atoms with Gasteiger partial charge in [0.05, 0.1) is 11.8 Å². The van der Waals surface area contributed by atoms with Crippen molar-refractivity contribution in [2.24, 2.45) is 11.8 Å². The fraction of sp³-hybridized carbons (Fsp3) is 0.864. The largest absolute Gasteiger partial charge is 0.476 e. The molecule has 1 fully saturated rings. The molecule has 3 rings (SSSR count). The second-order valence-corrected chi connectivity index (χ2v) is 11.5. The number of ether oxygens (including phenoxy) is 1. The molecule has 4 N–H and O–H groups in total. The molecule has 0 aliphatic carbocycles. The lowest BCUT2D eigenvalue weighted by Crippen LogP contribution is -3.12. The molecule has 3 aliphatic heterocycles. The van der Waals surface area contributed by atoms with Crippen molar-refractivity contribution in [3.63, 3.8) is 0 Å². The minimum atomic E-state index is -0.724. The van der Waals surface area contributed by atoms with Crippen LogP contribution in [0.1, 0.15) is 82.1 Å². The van der Waals surface area contributed by atoms with Gasteiger partial charge in [-0.2, -0.15) is 0 Å². The fourth-order valence-corrected chi connectivity index (χ4v) is 6.00. The molecule has 1 saturated heterocycles. The second kappa shape index (κ2) is 5.35. The third-order valence-corrected chi connectivity index (χ3v) is 8.01. The number of rotatable bonds is 0. The Morgan fingerprint density at radius 3 is 2.00 bits per heavy atom. The normalized spacial score (nSPS) is 40.2. The molecule has 0 amide bonds. The van der Waals surface area contributed by atoms with Crippen molar-refractivity contribution in [3.05, 3.63) is 11.3 Å². The van der Waals surface area contributed by atoms with Crippen molar-refractivity contribution in [2.45, 2.75) is 110 Å². The van der Waals surface area contributed by atoms with E-state index in [1.54, 1.807) is 0 Å². The lowest BCUT2D eigenvalue weighted by molar-refractivity contribution is -0.801. The average Bonchev–Trinajstić information content (AvgIpc) is 2.47. The third-order valence-electron chi connectivity index (χ3n) is 8.01. The van der Waals surface area contributed by atoms with Gasteiger partial charge in [-0.25, -0.2) is 0 Å². The predicted octanol–water partition coefficient (Wildman–Crippen LogP) is 1.90. The van der Waals surface area contributed by atoms with Crippen LogP contribution in [0.25, 0.3) is 0 Å². The number of piperidine rings is 1. The summed E-state index contributed by atoms with van der Waals surface area (Å²) in [5.74, 6) is 1.65. The van der Waals surface area contributed by atoms with Gasteiger partial charge in [-0.3, -0.25) is 4.79 Å². The van der Waals surface area contributed by atoms with E-state index in [0.717, 1.165) is 18.6 Å². The molecule has 3 aliphatic rings. The first kappa shape index (κ1) is 19.9. The molecule has 3 heterocycles. The van der Waals surface area contributed by atoms with E-state index in [-0.39, 0.29) is 34.0 Å². The Balaban J connectivity index is 2.11. The van der Waals surface area contributed by atoms with Gasteiger partial charge in [0, 0.05) is 12.0 Å². The lowest BCUT2D eigenvalue weighted by atomic mass is 9.61. The summed E-state index contributed by atoms with van der Waals surface area (Å²) in [6.07, 6.45) is 1.74. The van der Waals surface area contributed by atoms with E-state index in [1.165, 1.54) is 5.57 Å². The van der Waals surface area contributed by atoms with Crippen LogP contribution >= 0.6 is 0 Å². The summed E-state index contributed by atoms with van der Waals surface area (Å²) in [6, 6.07) is 0. The number of hydrogen-bond acceptors (Lipinski definition) is 2. The van der Waals surface area contributed by atoms with Crippen LogP contribution in [-0.4, -0.2) is 33.5 Å². The first-order valence-electron chi connectivity index (χ1n) is 10.3. The maximum Gasteiger partial charge on any atom is 0.220 e. The highest BCUT2D eigenvalue weighted by molar-refractivity contribution is 5.92. The highest BCUT2D eigenvalue weighted by Gasteiger charge is 2.67. The van der Waals surface area contributed by atoms with Crippen LogP contribution in [0.3, 0.4) is 0 Å². The molecule has 0 radical (unpaired) electrons. The predicted molar refractivity (Wildman–Crippen MR) is 104 cm³/mol. The Morgan fingerprint density at radius 2 is 1.42 bits per heavy atom. The monoisotopic (exact) mass is 364 g/mol. The summed E-state index contributed by atoms with van der Waals surface area (Å²) in [7, 11) is 0. The Bertz CT molecular complexity index is 672. The summed E-state index contributed by atoms with van der Waals surface area (Å²) < 4.78 is 6.87. The van der Waals surface area contributed by atoms with Crippen LogP contribution in [0, 0.1) is 11.8 Å². The molecule has 3 atom stereocenters. The molecule has 0 aromatic rings. The molecule has 0 bridgehead atoms. The highest BCUT2D eigenvalue weighted by atomic mass is 16.5. The van der Waals surface area contributed by atoms with E-state index in [1.807, 2.05) is 0 Å². The van der Waals surface area contributed by atoms with Crippen LogP contribution in [0.2, 0.25) is 0 Å². The van der Waals surface area contributed by atoms with Crippen molar-refractivity contribution in [1.29, 1.82) is 0 Å². The minimum absolute atomic E-state index is 0.0173. The van der Waals surface area contributed by atoms with Crippen molar-refractivity contribution in [1.82, 2.24) is 0 Å². The zero-order chi connectivity index (χ0) is 19.9. The van der Waals surface area contributed by atoms with E-state index < -0.39 is 5.60 Å². The smallest absolute Gasteiger partial charge is 0.220 e. The molecule has 4 nitrogen and oxygen atoms in total. The highest BCUT2D eigenvalue weighted by Crippen LogP contribution is 2.49. The molecule has 0 saturated carbocycles. The van der Waals surface area contributed by atoms with Crippen molar-refractivity contribution < 1.29 is 20.2 Å². The number of Topliss-reactive ketones (excluding diaryl/α,β-unsaturated/α-hetero) is 1. The van der Waals surface area contributed by atoms with Crippen molar-refractivity contribution >= 4 is 5.78 Å². The van der Waals surface area contributed by atoms with Crippen LogP contribution in [0.5, 0.6) is 0 Å². The van der Waals surface area contributed by atoms with Gasteiger partial charge in [0.15, 0.2) is 5.78 Å². The number of quaternary nitrogens is 2. The lowest BCUT2D eigenvalue weighted by Gasteiger charge is -2.57. The zero-order valence-corrected chi connectivity index (χ0v) is 18.5. The van der Waals surface area contributed by atoms with Gasteiger partial charge >= 0.3 is 0 Å². The van der Waals surface area contributed by atoms with Crippen LogP contribution < -0.4 is 10.6 Å². The van der Waals surface area contributed by atoms with Gasteiger partial charge < -0.3 is 15.4 Å². The van der Waals surface area contributed by atoms with Gasteiger partial charge in [-0.15, -0.1) is 0 Å². The maximum absolute atomic E-state index is 13.7. The molecular weight excluding hydrogens is 324 g/mol. The maximum atomic E-state index is 13.7. The van der Waals surface area contributed by atoms with E-state index in [0.29, 0.717) is 5.78 Å². The Hall–Kier alpha value is -0.870. The second-order valence-electron chi connectivity index (χ2n) is 11.5. The summed E-state index contributed by atoms with van der Waals surface area (Å²) >= 11 is 0. The van der Waals surface area contributed by atoms with Gasteiger partial charge in [0.2, 0.25) is 5.60 Å². The number of carbonyl (C=O) groups is 1. The quantitative estimate of drug-likeness (QED) is 0.690. The standard InChI is InChI=1S/C22H38N2O2/c1-13-16-15(20(7,8)23-18(13,3)4)11-12-22(26-16)17(25)14(2)19(5,6)24-21(22,9)10/h13-14,23-24H,11-12H2,1-10H3/p+2/t13-,14+,22+/m1/s1. The number of hydrogen-bond donors (Lipinski definition) is 2. The first-order chi connectivity index (χ1) is 11.6. The zero-order valence-electron chi connectivity index (χ0n) is 18.5. The van der Waals surface area contributed by atoms with E-state index in [2.05, 4.69) is 79.9 Å². The topological polar surface area (TPSA) is 59.5 Å². The molecule has 0 unspecified atom stereocenters. The van der Waals surface area contributed by atoms with E-state index in [9.17, 15) is 4.79 Å². The number of nitrogens with two attached hydrogens (primary N) is 2. The summed E-state index contributed by atoms with van der Waals surface area (Å²) in [5, 5.41) is 4.87. The number of carbonyl (C=O) groups excluding carboxylic acids is 1. The summed E-state index contributed by atoms with van der Waals surface area (Å²) in [4.78, 5) is 13.7. The SMILES string of the molecule is C[C@@H]1C2=C(CC[C@]3(O2)C(=O)[C@H](C)C(C)(C)[NH2+]C3(C)C)C(C)(C)[NH2+]C1(C)C. The molecular formula is C22H40N2O2+2.